The second kappa shape index (κ2) is 8.27. The Hall–Kier alpha value is -1.43. The Labute approximate surface area is 133 Å². The fourth-order valence-electron chi connectivity index (χ4n) is 2.73. The van der Waals surface area contributed by atoms with Gasteiger partial charge in [-0.05, 0) is 24.6 Å². The van der Waals surface area contributed by atoms with E-state index in [1.807, 2.05) is 6.07 Å². The highest BCUT2D eigenvalue weighted by atomic mass is 16.2. The summed E-state index contributed by atoms with van der Waals surface area (Å²) in [6, 6.07) is 7.85. The van der Waals surface area contributed by atoms with Gasteiger partial charge in [-0.2, -0.15) is 0 Å². The van der Waals surface area contributed by atoms with Crippen LogP contribution in [0.5, 0.6) is 0 Å². The second-order valence-corrected chi connectivity index (χ2v) is 5.99. The highest BCUT2D eigenvalue weighted by Gasteiger charge is 2.16. The van der Waals surface area contributed by atoms with Crippen molar-refractivity contribution >= 4 is 5.91 Å². The number of nitrogens with zero attached hydrogens (tertiary/aromatic N) is 2. The van der Waals surface area contributed by atoms with E-state index in [4.69, 9.17) is 5.73 Å². The molecule has 1 heterocycles. The molecule has 0 aliphatic carbocycles. The fraction of sp³-hybridized carbons (Fsp3) is 0.588. The quantitative estimate of drug-likeness (QED) is 0.816. The number of hydrogen-bond acceptors (Lipinski definition) is 4. The first-order valence-corrected chi connectivity index (χ1v) is 8.15. The second-order valence-electron chi connectivity index (χ2n) is 5.99. The number of benzene rings is 1. The summed E-state index contributed by atoms with van der Waals surface area (Å²) < 4.78 is 0. The fourth-order valence-corrected chi connectivity index (χ4v) is 2.73. The molecule has 0 saturated carbocycles. The van der Waals surface area contributed by atoms with Crippen LogP contribution in [0, 0.1) is 0 Å². The van der Waals surface area contributed by atoms with Crippen molar-refractivity contribution in [2.75, 3.05) is 32.7 Å². The van der Waals surface area contributed by atoms with Gasteiger partial charge in [0, 0.05) is 39.3 Å². The Balaban J connectivity index is 1.92. The van der Waals surface area contributed by atoms with Crippen LogP contribution < -0.4 is 11.1 Å². The zero-order valence-corrected chi connectivity index (χ0v) is 13.7. The largest absolute Gasteiger partial charge is 0.351 e. The minimum atomic E-state index is -0.464. The molecule has 1 saturated heterocycles. The summed E-state index contributed by atoms with van der Waals surface area (Å²) in [6.45, 7) is 11.0. The molecule has 3 N–H and O–H groups in total. The molecule has 0 spiro atoms. The van der Waals surface area contributed by atoms with E-state index in [0.29, 0.717) is 6.54 Å². The van der Waals surface area contributed by atoms with E-state index in [0.717, 1.165) is 39.3 Å². The third-order valence-corrected chi connectivity index (χ3v) is 4.29. The number of carbonyl (C=O) groups excluding carboxylic acids is 1. The molecule has 1 atom stereocenters. The first-order chi connectivity index (χ1) is 10.6. The summed E-state index contributed by atoms with van der Waals surface area (Å²) in [5.41, 5.74) is 8.05. The highest BCUT2D eigenvalue weighted by Crippen LogP contribution is 2.13. The van der Waals surface area contributed by atoms with E-state index in [1.165, 1.54) is 11.1 Å². The van der Waals surface area contributed by atoms with Gasteiger partial charge in [-0.1, -0.05) is 31.2 Å². The van der Waals surface area contributed by atoms with Crippen LogP contribution in [0.25, 0.3) is 0 Å². The van der Waals surface area contributed by atoms with Gasteiger partial charge < -0.3 is 16.0 Å². The van der Waals surface area contributed by atoms with Gasteiger partial charge in [0.05, 0.1) is 6.04 Å². The molecule has 122 valence electrons. The molecule has 1 aromatic rings. The lowest BCUT2D eigenvalue weighted by Crippen LogP contribution is -2.45. The van der Waals surface area contributed by atoms with Gasteiger partial charge in [-0.25, -0.2) is 0 Å². The maximum atomic E-state index is 11.6. The smallest absolute Gasteiger partial charge is 0.236 e. The number of nitrogens with two attached hydrogens (primary N) is 1. The summed E-state index contributed by atoms with van der Waals surface area (Å²) in [5.74, 6) is -0.105. The molecule has 5 heteroatoms. The molecule has 1 amide bonds. The van der Waals surface area contributed by atoms with Crippen LogP contribution in [0.3, 0.4) is 0 Å². The first kappa shape index (κ1) is 16.9. The van der Waals surface area contributed by atoms with E-state index in [-0.39, 0.29) is 5.91 Å². The van der Waals surface area contributed by atoms with Crippen LogP contribution in [-0.2, 0) is 17.9 Å². The third kappa shape index (κ3) is 4.80. The minimum Gasteiger partial charge on any atom is -0.351 e. The monoisotopic (exact) mass is 304 g/mol. The van der Waals surface area contributed by atoms with Gasteiger partial charge in [0.2, 0.25) is 5.91 Å². The Bertz CT molecular complexity index is 481. The van der Waals surface area contributed by atoms with Crippen molar-refractivity contribution in [2.45, 2.75) is 33.0 Å². The van der Waals surface area contributed by atoms with Crippen LogP contribution in [0.15, 0.2) is 24.3 Å². The van der Waals surface area contributed by atoms with Gasteiger partial charge in [0.15, 0.2) is 0 Å². The minimum absolute atomic E-state index is 0.105. The molecule has 1 aliphatic rings. The lowest BCUT2D eigenvalue weighted by Gasteiger charge is -2.34. The SMILES string of the molecule is CCN1CCN(Cc2ccccc2CNC(=O)[C@@H](C)N)CC1. The maximum absolute atomic E-state index is 11.6. The summed E-state index contributed by atoms with van der Waals surface area (Å²) in [7, 11) is 0. The van der Waals surface area contributed by atoms with Crippen LogP contribution in [0.2, 0.25) is 0 Å². The van der Waals surface area contributed by atoms with Gasteiger partial charge in [0.1, 0.15) is 0 Å². The normalized spacial score (nSPS) is 18.1. The van der Waals surface area contributed by atoms with Crippen LogP contribution in [-0.4, -0.2) is 54.5 Å². The van der Waals surface area contributed by atoms with Gasteiger partial charge in [-0.3, -0.25) is 9.69 Å². The Morgan fingerprint density at radius 3 is 2.36 bits per heavy atom. The zero-order chi connectivity index (χ0) is 15.9. The molecule has 0 unspecified atom stereocenters. The number of nitrogens with one attached hydrogen (secondary N) is 1. The molecule has 0 aromatic heterocycles. The summed E-state index contributed by atoms with van der Waals surface area (Å²) >= 11 is 0. The Morgan fingerprint density at radius 2 is 1.77 bits per heavy atom. The highest BCUT2D eigenvalue weighted by molar-refractivity contribution is 5.80. The molecule has 2 rings (SSSR count). The number of amides is 1. The molecule has 0 bridgehead atoms. The predicted molar refractivity (Wildman–Crippen MR) is 89.3 cm³/mol. The van der Waals surface area contributed by atoms with Crippen LogP contribution in [0.1, 0.15) is 25.0 Å². The van der Waals surface area contributed by atoms with Crippen LogP contribution in [0.4, 0.5) is 0 Å². The molecule has 22 heavy (non-hydrogen) atoms. The standard InChI is InChI=1S/C17H28N4O/c1-3-20-8-10-21(11-9-20)13-16-7-5-4-6-15(16)12-19-17(22)14(2)18/h4-7,14H,3,8-13,18H2,1-2H3,(H,19,22)/t14-/m1/s1. The van der Waals surface area contributed by atoms with E-state index >= 15 is 0 Å². The molecule has 1 aliphatic heterocycles. The number of carbonyl (C=O) groups is 1. The number of rotatable bonds is 6. The zero-order valence-electron chi connectivity index (χ0n) is 13.7. The van der Waals surface area contributed by atoms with Crippen LogP contribution >= 0.6 is 0 Å². The van der Waals surface area contributed by atoms with Gasteiger partial charge in [0.25, 0.3) is 0 Å². The van der Waals surface area contributed by atoms with Crippen molar-refractivity contribution in [3.8, 4) is 0 Å². The molecule has 1 fully saturated rings. The summed E-state index contributed by atoms with van der Waals surface area (Å²) in [4.78, 5) is 16.6. The number of piperazine rings is 1. The molecular formula is C17H28N4O. The average molecular weight is 304 g/mol. The number of likely N-dealkylation sites (N-methyl/N-ethyl adjacent to an activating group) is 1. The molecule has 0 radical (unpaired) electrons. The van der Waals surface area contributed by atoms with E-state index in [1.54, 1.807) is 6.92 Å². The van der Waals surface area contributed by atoms with Crippen molar-refractivity contribution in [2.24, 2.45) is 5.73 Å². The lowest BCUT2D eigenvalue weighted by molar-refractivity contribution is -0.122. The van der Waals surface area contributed by atoms with Gasteiger partial charge in [-0.15, -0.1) is 0 Å². The van der Waals surface area contributed by atoms with Gasteiger partial charge >= 0.3 is 0 Å². The third-order valence-electron chi connectivity index (χ3n) is 4.29. The molecule has 5 nitrogen and oxygen atoms in total. The van der Waals surface area contributed by atoms with Crippen molar-refractivity contribution in [1.82, 2.24) is 15.1 Å². The van der Waals surface area contributed by atoms with Crippen molar-refractivity contribution in [1.29, 1.82) is 0 Å². The van der Waals surface area contributed by atoms with Crippen molar-refractivity contribution < 1.29 is 4.79 Å². The Kier molecular flexibility index (Phi) is 6.36. The summed E-state index contributed by atoms with van der Waals surface area (Å²) in [5, 5.41) is 2.90. The predicted octanol–water partition coefficient (Wildman–Crippen LogP) is 0.788. The molecular weight excluding hydrogens is 276 g/mol. The van der Waals surface area contributed by atoms with Crippen molar-refractivity contribution in [3.63, 3.8) is 0 Å². The average Bonchev–Trinajstić information content (AvgIpc) is 2.54. The molecule has 1 aromatic carbocycles. The number of hydrogen-bond donors (Lipinski definition) is 2. The lowest BCUT2D eigenvalue weighted by atomic mass is 10.1. The maximum Gasteiger partial charge on any atom is 0.236 e. The van der Waals surface area contributed by atoms with Crippen molar-refractivity contribution in [3.05, 3.63) is 35.4 Å². The Morgan fingerprint density at radius 1 is 1.18 bits per heavy atom. The van der Waals surface area contributed by atoms with E-state index in [2.05, 4.69) is 40.2 Å². The van der Waals surface area contributed by atoms with E-state index < -0.39 is 6.04 Å². The summed E-state index contributed by atoms with van der Waals surface area (Å²) in [6.07, 6.45) is 0. The first-order valence-electron chi connectivity index (χ1n) is 8.15. The van der Waals surface area contributed by atoms with E-state index in [9.17, 15) is 4.79 Å². The topological polar surface area (TPSA) is 61.6 Å².